The average molecular weight is 857 g/mol. The molecule has 0 atom stereocenters. The summed E-state index contributed by atoms with van der Waals surface area (Å²) in [7, 11) is -2.65. The van der Waals surface area contributed by atoms with Crippen LogP contribution in [0.1, 0.15) is 61.1 Å². The molecule has 0 amide bonds. The topological polar surface area (TPSA) is 0 Å². The summed E-state index contributed by atoms with van der Waals surface area (Å²) < 4.78 is 0. The van der Waals surface area contributed by atoms with Crippen LogP contribution >= 0.6 is 0 Å². The first-order chi connectivity index (χ1) is 32.2. The Labute approximate surface area is 390 Å². The fraction of sp³-hybridized carbons (Fsp3) is 0.0938. The third kappa shape index (κ3) is 5.52. The van der Waals surface area contributed by atoms with Gasteiger partial charge >= 0.3 is 0 Å². The van der Waals surface area contributed by atoms with Crippen LogP contribution < -0.4 is 26.8 Å². The predicted molar refractivity (Wildman–Crippen MR) is 284 cm³/mol. The van der Waals surface area contributed by atoms with Crippen molar-refractivity contribution in [1.29, 1.82) is 0 Å². The SMILES string of the molecule is CC1(C)c2ccccc2-c2cccc(-c3ccc(C4=C[Si]5(C=C4c4ccc(-c6cccc7c6C(C)(C)c6ccccc6-7)cc4)c4ccccc4B(c4ccccc4)c4ccccc45)cc3)c21. The van der Waals surface area contributed by atoms with E-state index in [1.54, 1.807) is 0 Å². The maximum Gasteiger partial charge on any atom is 0.240 e. The standard InChI is InChI=1S/C64H49BSi/c1-63(2)55-26-10-8-20-49(55)51-24-16-22-47(61(51)63)42-32-36-44(37-33-42)53-40-66(59-30-14-12-28-57(59)65(46-18-6-5-7-19-46)58-29-13-15-31-60(58)66)41-54(53)45-38-34-43(35-39-45)48-23-17-25-52-50-21-9-11-27-56(50)64(3,4)62(48)52/h5-41H,1-4H3. The summed E-state index contributed by atoms with van der Waals surface area (Å²) in [5, 5.41) is 2.98. The Kier molecular flexibility index (Phi) is 8.52. The minimum Gasteiger partial charge on any atom is -0.0738 e. The summed E-state index contributed by atoms with van der Waals surface area (Å²) in [5.74, 6) is 0. The lowest BCUT2D eigenvalue weighted by Gasteiger charge is -2.37. The summed E-state index contributed by atoms with van der Waals surface area (Å²) in [6.45, 7) is 9.73. The van der Waals surface area contributed by atoms with Gasteiger partial charge in [0.1, 0.15) is 0 Å². The summed E-state index contributed by atoms with van der Waals surface area (Å²) >= 11 is 0. The van der Waals surface area contributed by atoms with Crippen LogP contribution in [0.5, 0.6) is 0 Å². The van der Waals surface area contributed by atoms with Gasteiger partial charge in [-0.05, 0) is 89.0 Å². The molecule has 1 spiro atoms. The first kappa shape index (κ1) is 39.1. The van der Waals surface area contributed by atoms with Crippen LogP contribution in [0.4, 0.5) is 0 Å². The van der Waals surface area contributed by atoms with Crippen molar-refractivity contribution < 1.29 is 0 Å². The molecule has 2 heteroatoms. The molecule has 0 saturated heterocycles. The van der Waals surface area contributed by atoms with E-state index < -0.39 is 8.07 Å². The first-order valence-electron chi connectivity index (χ1n) is 23.6. The molecule has 0 unspecified atom stereocenters. The zero-order chi connectivity index (χ0) is 44.4. The summed E-state index contributed by atoms with van der Waals surface area (Å²) in [5.41, 5.74) is 30.9. The van der Waals surface area contributed by atoms with Gasteiger partial charge in [-0.2, -0.15) is 0 Å². The molecule has 13 rings (SSSR count). The fourth-order valence-corrected chi connectivity index (χ4v) is 17.5. The number of benzene rings is 9. The van der Waals surface area contributed by atoms with Gasteiger partial charge in [0, 0.05) is 10.8 Å². The molecule has 4 aliphatic rings. The second kappa shape index (κ2) is 14.4. The molecule has 66 heavy (non-hydrogen) atoms. The molecule has 312 valence electrons. The average Bonchev–Trinajstić information content (AvgIpc) is 3.96. The molecule has 2 aliphatic heterocycles. The number of allylic oxidation sites excluding steroid dienone is 2. The van der Waals surface area contributed by atoms with E-state index >= 15 is 0 Å². The van der Waals surface area contributed by atoms with Crippen molar-refractivity contribution >= 4 is 52.7 Å². The molecule has 0 radical (unpaired) electrons. The van der Waals surface area contributed by atoms with Crippen LogP contribution in [0.15, 0.2) is 224 Å². The smallest absolute Gasteiger partial charge is 0.0738 e. The largest absolute Gasteiger partial charge is 0.240 e. The third-order valence-corrected chi connectivity index (χ3v) is 20.0. The third-order valence-electron chi connectivity index (χ3n) is 15.8. The number of fused-ring (bicyclic) bond motifs is 10. The molecule has 2 aliphatic carbocycles. The van der Waals surface area contributed by atoms with Crippen LogP contribution in [0, 0.1) is 0 Å². The molecule has 0 fully saturated rings. The van der Waals surface area contributed by atoms with E-state index in [9.17, 15) is 0 Å². The van der Waals surface area contributed by atoms with Crippen molar-refractivity contribution in [2.24, 2.45) is 0 Å². The fourth-order valence-electron chi connectivity index (χ4n) is 12.8. The Bertz CT molecular complexity index is 3300. The Hall–Kier alpha value is -7.26. The summed E-state index contributed by atoms with van der Waals surface area (Å²) in [6, 6.07) is 80.6. The van der Waals surface area contributed by atoms with Crippen molar-refractivity contribution in [2.75, 3.05) is 0 Å². The van der Waals surface area contributed by atoms with E-state index in [-0.39, 0.29) is 17.5 Å². The normalized spacial score (nSPS) is 16.1. The molecular weight excluding hydrogens is 808 g/mol. The van der Waals surface area contributed by atoms with Crippen LogP contribution in [0.2, 0.25) is 0 Å². The van der Waals surface area contributed by atoms with E-state index in [1.807, 2.05) is 0 Å². The van der Waals surface area contributed by atoms with Gasteiger partial charge in [0.05, 0.1) is 0 Å². The highest BCUT2D eigenvalue weighted by atomic mass is 28.3. The molecule has 0 saturated carbocycles. The zero-order valence-electron chi connectivity index (χ0n) is 37.9. The van der Waals surface area contributed by atoms with Gasteiger partial charge in [0.15, 0.2) is 8.07 Å². The minimum atomic E-state index is -2.65. The molecule has 0 aromatic heterocycles. The Morgan fingerprint density at radius 3 is 1.15 bits per heavy atom. The van der Waals surface area contributed by atoms with E-state index in [1.165, 1.54) is 116 Å². The number of hydrogen-bond donors (Lipinski definition) is 0. The lowest BCUT2D eigenvalue weighted by atomic mass is 9.36. The lowest BCUT2D eigenvalue weighted by Crippen LogP contribution is -2.77. The highest BCUT2D eigenvalue weighted by Crippen LogP contribution is 2.54. The number of rotatable bonds is 5. The van der Waals surface area contributed by atoms with E-state index in [0.717, 1.165) is 0 Å². The van der Waals surface area contributed by atoms with Crippen molar-refractivity contribution in [3.8, 4) is 44.5 Å². The lowest BCUT2D eigenvalue weighted by molar-refractivity contribution is 0.662. The Morgan fingerprint density at radius 2 is 0.682 bits per heavy atom. The summed E-state index contributed by atoms with van der Waals surface area (Å²) in [4.78, 5) is 0. The number of hydrogen-bond acceptors (Lipinski definition) is 0. The second-order valence-corrected chi connectivity index (χ2v) is 23.3. The van der Waals surface area contributed by atoms with Gasteiger partial charge in [0.2, 0.25) is 6.71 Å². The maximum atomic E-state index is 2.73. The van der Waals surface area contributed by atoms with Crippen LogP contribution in [-0.4, -0.2) is 14.8 Å². The van der Waals surface area contributed by atoms with E-state index in [0.29, 0.717) is 0 Å². The predicted octanol–water partition coefficient (Wildman–Crippen LogP) is 12.3. The van der Waals surface area contributed by atoms with Crippen molar-refractivity contribution in [1.82, 2.24) is 0 Å². The molecule has 9 aromatic rings. The van der Waals surface area contributed by atoms with Gasteiger partial charge in [0.25, 0.3) is 0 Å². The van der Waals surface area contributed by atoms with Crippen LogP contribution in [-0.2, 0) is 10.8 Å². The van der Waals surface area contributed by atoms with Gasteiger partial charge in [-0.3, -0.25) is 0 Å². The Balaban J connectivity index is 0.973. The highest BCUT2D eigenvalue weighted by Gasteiger charge is 2.48. The molecule has 2 heterocycles. The van der Waals surface area contributed by atoms with Crippen molar-refractivity contribution in [2.45, 2.75) is 38.5 Å². The van der Waals surface area contributed by atoms with E-state index in [4.69, 9.17) is 0 Å². The zero-order valence-corrected chi connectivity index (χ0v) is 38.9. The van der Waals surface area contributed by atoms with Crippen molar-refractivity contribution in [3.63, 3.8) is 0 Å². The maximum absolute atomic E-state index is 2.73. The molecule has 9 aromatic carbocycles. The van der Waals surface area contributed by atoms with Crippen molar-refractivity contribution in [3.05, 3.63) is 257 Å². The van der Waals surface area contributed by atoms with Gasteiger partial charge in [-0.15, -0.1) is 0 Å². The molecule has 0 bridgehead atoms. The summed E-state index contributed by atoms with van der Waals surface area (Å²) in [6.07, 6.45) is 0. The molecule has 0 N–H and O–H groups in total. The van der Waals surface area contributed by atoms with Crippen LogP contribution in [0.25, 0.3) is 55.7 Å². The minimum absolute atomic E-state index is 0.0891. The Morgan fingerprint density at radius 1 is 0.318 bits per heavy atom. The molecule has 0 nitrogen and oxygen atoms in total. The van der Waals surface area contributed by atoms with Gasteiger partial charge < -0.3 is 0 Å². The van der Waals surface area contributed by atoms with E-state index in [2.05, 4.69) is 251 Å². The van der Waals surface area contributed by atoms with Gasteiger partial charge in [-0.1, -0.05) is 278 Å². The molecular formula is C64H49BSi. The first-order valence-corrected chi connectivity index (χ1v) is 25.8. The second-order valence-electron chi connectivity index (χ2n) is 20.0. The van der Waals surface area contributed by atoms with Gasteiger partial charge in [-0.25, -0.2) is 0 Å². The van der Waals surface area contributed by atoms with Crippen LogP contribution in [0.3, 0.4) is 0 Å². The highest BCUT2D eigenvalue weighted by molar-refractivity contribution is 7.20. The quantitative estimate of drug-likeness (QED) is 0.151. The monoisotopic (exact) mass is 856 g/mol.